The van der Waals surface area contributed by atoms with Crippen molar-refractivity contribution in [1.29, 1.82) is 0 Å². The van der Waals surface area contributed by atoms with E-state index in [1.54, 1.807) is 0 Å². The number of fused-ring (bicyclic) bond motifs is 11. The minimum absolute atomic E-state index is 0.862. The quantitative estimate of drug-likeness (QED) is 0.170. The van der Waals surface area contributed by atoms with Crippen molar-refractivity contribution < 1.29 is 4.42 Å². The first-order valence-electron chi connectivity index (χ1n) is 19.7. The molecule has 11 aromatic rings. The van der Waals surface area contributed by atoms with Gasteiger partial charge in [0.1, 0.15) is 11.3 Å². The molecular formula is C54H34N2O. The van der Waals surface area contributed by atoms with Crippen LogP contribution in [0.25, 0.3) is 116 Å². The van der Waals surface area contributed by atoms with Gasteiger partial charge in [0.05, 0.1) is 22.9 Å². The van der Waals surface area contributed by atoms with Gasteiger partial charge in [0.15, 0.2) is 0 Å². The molecule has 0 fully saturated rings. The van der Waals surface area contributed by atoms with Crippen LogP contribution in [0.1, 0.15) is 17.7 Å². The first-order valence-corrected chi connectivity index (χ1v) is 19.7. The zero-order valence-electron chi connectivity index (χ0n) is 31.0. The molecule has 3 heteroatoms. The Bertz CT molecular complexity index is 3440. The van der Waals surface area contributed by atoms with E-state index < -0.39 is 0 Å². The third-order valence-corrected chi connectivity index (χ3v) is 12.0. The molecule has 0 atom stereocenters. The summed E-state index contributed by atoms with van der Waals surface area (Å²) >= 11 is 0. The molecule has 0 saturated heterocycles. The average molecular weight is 727 g/mol. The SMILES string of the molecule is C1=Cc2oc3ccc(-c4cccc5c(-c6cccc7c(-c8cccc(-c9cnc%10c%11ccccc%11c%11ccccc%11c%10n9)c8)cccc67)cccc45)cc3c2CC1. The Balaban J connectivity index is 0.969. The van der Waals surface area contributed by atoms with Gasteiger partial charge in [0.2, 0.25) is 0 Å². The van der Waals surface area contributed by atoms with E-state index in [9.17, 15) is 0 Å². The Morgan fingerprint density at radius 3 is 1.65 bits per heavy atom. The molecule has 3 nitrogen and oxygen atoms in total. The van der Waals surface area contributed by atoms with Crippen LogP contribution in [0, 0.1) is 0 Å². The molecule has 57 heavy (non-hydrogen) atoms. The summed E-state index contributed by atoms with van der Waals surface area (Å²) in [7, 11) is 0. The van der Waals surface area contributed by atoms with Gasteiger partial charge in [0.25, 0.3) is 0 Å². The van der Waals surface area contributed by atoms with E-state index in [2.05, 4.69) is 176 Å². The predicted molar refractivity (Wildman–Crippen MR) is 238 cm³/mol. The molecule has 0 saturated carbocycles. The second-order valence-corrected chi connectivity index (χ2v) is 15.1. The Hall–Kier alpha value is -7.36. The molecule has 0 spiro atoms. The van der Waals surface area contributed by atoms with Gasteiger partial charge >= 0.3 is 0 Å². The van der Waals surface area contributed by atoms with Crippen molar-refractivity contribution in [3.63, 3.8) is 0 Å². The minimum Gasteiger partial charge on any atom is -0.456 e. The molecule has 0 N–H and O–H groups in total. The van der Waals surface area contributed by atoms with Crippen LogP contribution in [-0.4, -0.2) is 9.97 Å². The highest BCUT2D eigenvalue weighted by molar-refractivity contribution is 6.23. The van der Waals surface area contributed by atoms with Crippen molar-refractivity contribution in [3.8, 4) is 44.6 Å². The van der Waals surface area contributed by atoms with Crippen LogP contribution in [0.5, 0.6) is 0 Å². The fourth-order valence-electron chi connectivity index (χ4n) is 9.35. The summed E-state index contributed by atoms with van der Waals surface area (Å²) < 4.78 is 6.21. The lowest BCUT2D eigenvalue weighted by molar-refractivity contribution is 0.595. The van der Waals surface area contributed by atoms with Gasteiger partial charge in [-0.15, -0.1) is 0 Å². The van der Waals surface area contributed by atoms with E-state index in [0.717, 1.165) is 62.8 Å². The lowest BCUT2D eigenvalue weighted by atomic mass is 9.88. The van der Waals surface area contributed by atoms with Crippen molar-refractivity contribution in [1.82, 2.24) is 9.97 Å². The molecular weight excluding hydrogens is 693 g/mol. The number of allylic oxidation sites excluding steroid dienone is 1. The van der Waals surface area contributed by atoms with Crippen LogP contribution < -0.4 is 0 Å². The Morgan fingerprint density at radius 1 is 0.421 bits per heavy atom. The molecule has 0 amide bonds. The molecule has 1 aliphatic carbocycles. The summed E-state index contributed by atoms with van der Waals surface area (Å²) in [6.45, 7) is 0. The number of benzene rings is 9. The van der Waals surface area contributed by atoms with Gasteiger partial charge in [-0.1, -0.05) is 152 Å². The first-order chi connectivity index (χ1) is 28.3. The molecule has 0 unspecified atom stereocenters. The molecule has 0 aliphatic heterocycles. The Labute approximate surface area is 329 Å². The zero-order chi connectivity index (χ0) is 37.5. The van der Waals surface area contributed by atoms with E-state index in [-0.39, 0.29) is 0 Å². The van der Waals surface area contributed by atoms with E-state index in [1.165, 1.54) is 71.1 Å². The number of furan rings is 1. The van der Waals surface area contributed by atoms with Gasteiger partial charge in [-0.2, -0.15) is 0 Å². The topological polar surface area (TPSA) is 38.9 Å². The van der Waals surface area contributed by atoms with Crippen LogP contribution in [0.15, 0.2) is 180 Å². The zero-order valence-corrected chi connectivity index (χ0v) is 31.0. The van der Waals surface area contributed by atoms with E-state index >= 15 is 0 Å². The summed E-state index contributed by atoms with van der Waals surface area (Å²) in [5, 5.41) is 10.8. The summed E-state index contributed by atoms with van der Waals surface area (Å²) in [6, 6.07) is 59.3. The maximum absolute atomic E-state index is 6.21. The van der Waals surface area contributed by atoms with Gasteiger partial charge in [-0.05, 0) is 103 Å². The number of hydrogen-bond donors (Lipinski definition) is 0. The minimum atomic E-state index is 0.862. The Kier molecular flexibility index (Phi) is 7.05. The number of nitrogens with zero attached hydrogens (tertiary/aromatic N) is 2. The van der Waals surface area contributed by atoms with Crippen molar-refractivity contribution in [3.05, 3.63) is 187 Å². The van der Waals surface area contributed by atoms with Crippen LogP contribution in [-0.2, 0) is 6.42 Å². The molecule has 9 aromatic carbocycles. The van der Waals surface area contributed by atoms with Crippen LogP contribution in [0.2, 0.25) is 0 Å². The summed E-state index contributed by atoms with van der Waals surface area (Å²) in [6.07, 6.45) is 8.32. The summed E-state index contributed by atoms with van der Waals surface area (Å²) in [4.78, 5) is 10.3. The third kappa shape index (κ3) is 4.99. The van der Waals surface area contributed by atoms with Gasteiger partial charge < -0.3 is 4.42 Å². The fraction of sp³-hybridized carbons (Fsp3) is 0.0370. The third-order valence-electron chi connectivity index (χ3n) is 12.0. The maximum Gasteiger partial charge on any atom is 0.135 e. The monoisotopic (exact) mass is 726 g/mol. The second-order valence-electron chi connectivity index (χ2n) is 15.1. The number of aryl methyl sites for hydroxylation is 1. The molecule has 2 aromatic heterocycles. The van der Waals surface area contributed by atoms with E-state index in [1.807, 2.05) is 6.20 Å². The lowest BCUT2D eigenvalue weighted by Gasteiger charge is -2.15. The average Bonchev–Trinajstić information content (AvgIpc) is 3.66. The van der Waals surface area contributed by atoms with Crippen molar-refractivity contribution >= 4 is 71.2 Å². The standard InChI is InChI=1S/C54H34N2O/c1-3-17-47-44(14-1)45-15-2-4-18-48(45)54-53(47)55-32-50(56-54)35-13-7-12-33(30-35)36-19-8-23-40-38(36)21-10-25-42(40)43-26-11-22-39-37(20-9-24-41(39)43)34-28-29-52-49(31-34)46-16-5-6-27-51(46)57-52/h1-4,6-15,17-32H,5,16H2. The normalized spacial score (nSPS) is 12.7. The highest BCUT2D eigenvalue weighted by atomic mass is 16.3. The second kappa shape index (κ2) is 12.6. The molecule has 12 rings (SSSR count). The summed E-state index contributed by atoms with van der Waals surface area (Å²) in [5.41, 5.74) is 13.3. The van der Waals surface area contributed by atoms with Crippen molar-refractivity contribution in [2.75, 3.05) is 0 Å². The lowest BCUT2D eigenvalue weighted by Crippen LogP contribution is -1.92. The van der Waals surface area contributed by atoms with Gasteiger partial charge in [-0.25, -0.2) is 4.98 Å². The van der Waals surface area contributed by atoms with Crippen LogP contribution in [0.3, 0.4) is 0 Å². The fourth-order valence-corrected chi connectivity index (χ4v) is 9.35. The van der Waals surface area contributed by atoms with Crippen LogP contribution in [0.4, 0.5) is 0 Å². The van der Waals surface area contributed by atoms with E-state index in [0.29, 0.717) is 0 Å². The van der Waals surface area contributed by atoms with Gasteiger partial charge in [-0.3, -0.25) is 4.98 Å². The highest BCUT2D eigenvalue weighted by Crippen LogP contribution is 2.42. The highest BCUT2D eigenvalue weighted by Gasteiger charge is 2.18. The first kappa shape index (κ1) is 31.9. The maximum atomic E-state index is 6.21. The van der Waals surface area contributed by atoms with Crippen LogP contribution >= 0.6 is 0 Å². The molecule has 1 aliphatic rings. The van der Waals surface area contributed by atoms with Crippen molar-refractivity contribution in [2.45, 2.75) is 12.8 Å². The molecule has 0 bridgehead atoms. The molecule has 266 valence electrons. The van der Waals surface area contributed by atoms with E-state index in [4.69, 9.17) is 14.4 Å². The molecule has 2 heterocycles. The molecule has 0 radical (unpaired) electrons. The largest absolute Gasteiger partial charge is 0.456 e. The predicted octanol–water partition coefficient (Wildman–Crippen LogP) is 14.6. The Morgan fingerprint density at radius 2 is 0.965 bits per heavy atom. The number of rotatable bonds is 4. The number of aromatic nitrogens is 2. The van der Waals surface area contributed by atoms with Crippen molar-refractivity contribution in [2.24, 2.45) is 0 Å². The number of hydrogen-bond acceptors (Lipinski definition) is 3. The smallest absolute Gasteiger partial charge is 0.135 e. The van der Waals surface area contributed by atoms with Gasteiger partial charge in [0, 0.05) is 27.3 Å². The summed E-state index contributed by atoms with van der Waals surface area (Å²) in [5.74, 6) is 1.00.